The Morgan fingerprint density at radius 3 is 2.94 bits per heavy atom. The fourth-order valence-electron chi connectivity index (χ4n) is 2.47. The van der Waals surface area contributed by atoms with Crippen LogP contribution in [0.25, 0.3) is 0 Å². The monoisotopic (exact) mass is 313 g/mol. The number of ether oxygens (including phenoxy) is 2. The molecule has 1 aliphatic heterocycles. The molecule has 1 aromatic rings. The second kappa shape index (κ2) is 6.04. The Hall–Kier alpha value is -0.580. The fraction of sp³-hybridized carbons (Fsp3) is 0.571. The van der Waals surface area contributed by atoms with Gasteiger partial charge in [0.25, 0.3) is 0 Å². The van der Waals surface area contributed by atoms with E-state index in [2.05, 4.69) is 22.9 Å². The lowest BCUT2D eigenvalue weighted by Gasteiger charge is -2.23. The van der Waals surface area contributed by atoms with Crippen molar-refractivity contribution in [2.45, 2.75) is 31.9 Å². The molecule has 3 atom stereocenters. The van der Waals surface area contributed by atoms with Gasteiger partial charge in [-0.1, -0.05) is 22.9 Å². The van der Waals surface area contributed by atoms with Crippen LogP contribution in [0.4, 0.5) is 0 Å². The maximum atomic E-state index is 6.28. The highest BCUT2D eigenvalue weighted by Crippen LogP contribution is 2.27. The Morgan fingerprint density at radius 1 is 1.56 bits per heavy atom. The van der Waals surface area contributed by atoms with Gasteiger partial charge in [-0.15, -0.1) is 0 Å². The molecule has 1 aliphatic rings. The largest absolute Gasteiger partial charge is 0.497 e. The van der Waals surface area contributed by atoms with Crippen molar-refractivity contribution in [1.82, 2.24) is 0 Å². The van der Waals surface area contributed by atoms with E-state index in [1.807, 2.05) is 18.2 Å². The number of hydrogen-bond donors (Lipinski definition) is 1. The second-order valence-electron chi connectivity index (χ2n) is 4.93. The highest BCUT2D eigenvalue weighted by Gasteiger charge is 2.30. The Labute approximate surface area is 117 Å². The first-order chi connectivity index (χ1) is 8.61. The molecular formula is C14H20BrNO2. The average Bonchev–Trinajstić information content (AvgIpc) is 2.78. The first-order valence-electron chi connectivity index (χ1n) is 6.31. The Morgan fingerprint density at radius 2 is 2.33 bits per heavy atom. The van der Waals surface area contributed by atoms with Gasteiger partial charge in [0, 0.05) is 17.1 Å². The van der Waals surface area contributed by atoms with Gasteiger partial charge in [0.2, 0.25) is 0 Å². The minimum Gasteiger partial charge on any atom is -0.497 e. The summed E-state index contributed by atoms with van der Waals surface area (Å²) in [6.45, 7) is 3.04. The highest BCUT2D eigenvalue weighted by atomic mass is 79.9. The van der Waals surface area contributed by atoms with E-state index in [1.54, 1.807) is 7.11 Å². The third-order valence-corrected chi connectivity index (χ3v) is 4.35. The third-order valence-electron chi connectivity index (χ3n) is 3.57. The molecule has 1 fully saturated rings. The maximum Gasteiger partial charge on any atom is 0.119 e. The van der Waals surface area contributed by atoms with Gasteiger partial charge in [0.15, 0.2) is 0 Å². The minimum absolute atomic E-state index is 0.0332. The van der Waals surface area contributed by atoms with Crippen LogP contribution in [0, 0.1) is 5.92 Å². The summed E-state index contributed by atoms with van der Waals surface area (Å²) >= 11 is 3.56. The van der Waals surface area contributed by atoms with Crippen LogP contribution < -0.4 is 10.5 Å². The molecule has 100 valence electrons. The van der Waals surface area contributed by atoms with Crippen LogP contribution in [-0.4, -0.2) is 25.9 Å². The topological polar surface area (TPSA) is 44.5 Å². The van der Waals surface area contributed by atoms with Crippen LogP contribution in [0.3, 0.4) is 0 Å². The summed E-state index contributed by atoms with van der Waals surface area (Å²) in [5.41, 5.74) is 7.45. The number of halogens is 1. The van der Waals surface area contributed by atoms with Crippen molar-refractivity contribution in [2.75, 3.05) is 13.7 Å². The van der Waals surface area contributed by atoms with Crippen LogP contribution in [-0.2, 0) is 11.2 Å². The summed E-state index contributed by atoms with van der Waals surface area (Å²) < 4.78 is 12.0. The van der Waals surface area contributed by atoms with E-state index in [4.69, 9.17) is 15.2 Å². The van der Waals surface area contributed by atoms with Crippen LogP contribution in [0.5, 0.6) is 5.75 Å². The summed E-state index contributed by atoms with van der Waals surface area (Å²) in [4.78, 5) is 0. The molecule has 2 N–H and O–H groups in total. The first-order valence-corrected chi connectivity index (χ1v) is 7.10. The molecule has 3 nitrogen and oxygen atoms in total. The molecule has 4 heteroatoms. The summed E-state index contributed by atoms with van der Waals surface area (Å²) in [7, 11) is 1.68. The zero-order valence-electron chi connectivity index (χ0n) is 10.9. The quantitative estimate of drug-likeness (QED) is 0.929. The van der Waals surface area contributed by atoms with Gasteiger partial charge in [0.1, 0.15) is 5.75 Å². The van der Waals surface area contributed by atoms with Crippen molar-refractivity contribution in [3.05, 3.63) is 28.2 Å². The Kier molecular flexibility index (Phi) is 4.65. The van der Waals surface area contributed by atoms with Crippen molar-refractivity contribution >= 4 is 15.9 Å². The zero-order chi connectivity index (χ0) is 13.1. The minimum atomic E-state index is 0.0332. The summed E-state index contributed by atoms with van der Waals surface area (Å²) in [5.74, 6) is 1.41. The van der Waals surface area contributed by atoms with Gasteiger partial charge in [-0.2, -0.15) is 0 Å². The van der Waals surface area contributed by atoms with E-state index in [0.29, 0.717) is 5.92 Å². The van der Waals surface area contributed by atoms with E-state index in [-0.39, 0.29) is 12.1 Å². The predicted octanol–water partition coefficient (Wildman–Crippen LogP) is 2.75. The van der Waals surface area contributed by atoms with Crippen molar-refractivity contribution in [3.8, 4) is 5.75 Å². The van der Waals surface area contributed by atoms with Gasteiger partial charge in [-0.25, -0.2) is 0 Å². The molecule has 0 saturated carbocycles. The fourth-order valence-corrected chi connectivity index (χ4v) is 2.88. The van der Waals surface area contributed by atoms with E-state index < -0.39 is 0 Å². The van der Waals surface area contributed by atoms with Crippen LogP contribution in [0.15, 0.2) is 22.7 Å². The summed E-state index contributed by atoms with van der Waals surface area (Å²) in [6, 6.07) is 6.00. The highest BCUT2D eigenvalue weighted by molar-refractivity contribution is 9.10. The molecule has 3 unspecified atom stereocenters. The SMILES string of the molecule is COc1ccc(Br)c(CC(N)C2OCCC2C)c1. The molecule has 0 amide bonds. The van der Waals surface area contributed by atoms with Crippen LogP contribution >= 0.6 is 15.9 Å². The van der Waals surface area contributed by atoms with E-state index in [9.17, 15) is 0 Å². The first kappa shape index (κ1) is 13.8. The standard InChI is InChI=1S/C14H20BrNO2/c1-9-5-6-18-14(9)13(16)8-10-7-11(17-2)3-4-12(10)15/h3-4,7,9,13-14H,5-6,8,16H2,1-2H3. The molecule has 0 spiro atoms. The van der Waals surface area contributed by atoms with Crippen molar-refractivity contribution in [3.63, 3.8) is 0 Å². The van der Waals surface area contributed by atoms with E-state index >= 15 is 0 Å². The Balaban J connectivity index is 2.08. The third kappa shape index (κ3) is 3.05. The molecule has 1 saturated heterocycles. The normalized spacial score (nSPS) is 25.1. The van der Waals surface area contributed by atoms with Gasteiger partial charge < -0.3 is 15.2 Å². The molecule has 1 aromatic carbocycles. The van der Waals surface area contributed by atoms with Gasteiger partial charge in [-0.3, -0.25) is 0 Å². The van der Waals surface area contributed by atoms with Crippen LogP contribution in [0.1, 0.15) is 18.9 Å². The second-order valence-corrected chi connectivity index (χ2v) is 5.78. The molecular weight excluding hydrogens is 294 g/mol. The maximum absolute atomic E-state index is 6.28. The average molecular weight is 314 g/mol. The molecule has 1 heterocycles. The van der Waals surface area contributed by atoms with Crippen molar-refractivity contribution in [1.29, 1.82) is 0 Å². The number of benzene rings is 1. The lowest BCUT2D eigenvalue weighted by atomic mass is 9.93. The molecule has 0 bridgehead atoms. The number of rotatable bonds is 4. The summed E-state index contributed by atoms with van der Waals surface area (Å²) in [6.07, 6.45) is 2.08. The van der Waals surface area contributed by atoms with Crippen LogP contribution in [0.2, 0.25) is 0 Å². The lowest BCUT2D eigenvalue weighted by Crippen LogP contribution is -2.39. The molecule has 0 radical (unpaired) electrons. The zero-order valence-corrected chi connectivity index (χ0v) is 12.4. The number of methoxy groups -OCH3 is 1. The summed E-state index contributed by atoms with van der Waals surface area (Å²) in [5, 5.41) is 0. The predicted molar refractivity (Wildman–Crippen MR) is 75.9 cm³/mol. The van der Waals surface area contributed by atoms with E-state index in [1.165, 1.54) is 5.56 Å². The molecule has 18 heavy (non-hydrogen) atoms. The lowest BCUT2D eigenvalue weighted by molar-refractivity contribution is 0.0726. The number of nitrogens with two attached hydrogens (primary N) is 1. The smallest absolute Gasteiger partial charge is 0.119 e. The molecule has 0 aliphatic carbocycles. The van der Waals surface area contributed by atoms with Crippen molar-refractivity contribution in [2.24, 2.45) is 11.7 Å². The van der Waals surface area contributed by atoms with Gasteiger partial charge in [0.05, 0.1) is 13.2 Å². The molecule has 2 rings (SSSR count). The number of hydrogen-bond acceptors (Lipinski definition) is 3. The van der Waals surface area contributed by atoms with Gasteiger partial charge in [-0.05, 0) is 42.5 Å². The van der Waals surface area contributed by atoms with Gasteiger partial charge >= 0.3 is 0 Å². The molecule has 0 aromatic heterocycles. The van der Waals surface area contributed by atoms with E-state index in [0.717, 1.165) is 29.7 Å². The Bertz CT molecular complexity index is 411. The van der Waals surface area contributed by atoms with Crippen molar-refractivity contribution < 1.29 is 9.47 Å².